The number of aryl methyl sites for hydroxylation is 1. The Balaban J connectivity index is 2.00. The Labute approximate surface area is 141 Å². The normalized spacial score (nSPS) is 18.0. The minimum atomic E-state index is 0.397. The van der Waals surface area contributed by atoms with Crippen LogP contribution in [0.5, 0.6) is 0 Å². The molecule has 21 heavy (non-hydrogen) atoms. The highest BCUT2D eigenvalue weighted by molar-refractivity contribution is 9.10. The number of nitrogens with zero attached hydrogens (tertiary/aromatic N) is 2. The molecule has 3 nitrogen and oxygen atoms in total. The lowest BCUT2D eigenvalue weighted by Crippen LogP contribution is -2.28. The van der Waals surface area contributed by atoms with Crippen molar-refractivity contribution in [2.24, 2.45) is 0 Å². The van der Waals surface area contributed by atoms with Gasteiger partial charge in [-0.25, -0.2) is 0 Å². The second-order valence-corrected chi connectivity index (χ2v) is 7.98. The van der Waals surface area contributed by atoms with Gasteiger partial charge in [0.15, 0.2) is 0 Å². The molecular formula is C16H28BrN3S. The average molecular weight is 374 g/mol. The van der Waals surface area contributed by atoms with Crippen molar-refractivity contribution in [3.8, 4) is 0 Å². The van der Waals surface area contributed by atoms with E-state index in [4.69, 9.17) is 0 Å². The van der Waals surface area contributed by atoms with Crippen LogP contribution in [0.1, 0.15) is 64.1 Å². The number of halogens is 1. The zero-order valence-corrected chi connectivity index (χ0v) is 15.7. The Bertz CT molecular complexity index is 416. The molecular weight excluding hydrogens is 346 g/mol. The van der Waals surface area contributed by atoms with Crippen LogP contribution in [-0.4, -0.2) is 27.3 Å². The molecule has 0 spiro atoms. The Morgan fingerprint density at radius 2 is 2.14 bits per heavy atom. The molecule has 0 saturated heterocycles. The zero-order chi connectivity index (χ0) is 15.1. The van der Waals surface area contributed by atoms with E-state index in [-0.39, 0.29) is 0 Å². The number of nitrogens with one attached hydrogen (secondary N) is 1. The minimum Gasteiger partial charge on any atom is -0.308 e. The summed E-state index contributed by atoms with van der Waals surface area (Å²) in [6.07, 6.45) is 10.2. The maximum Gasteiger partial charge on any atom is 0.0703 e. The molecule has 0 aromatic carbocycles. The van der Waals surface area contributed by atoms with Crippen molar-refractivity contribution >= 4 is 27.7 Å². The molecule has 1 fully saturated rings. The van der Waals surface area contributed by atoms with Crippen LogP contribution in [0.15, 0.2) is 10.7 Å². The lowest BCUT2D eigenvalue weighted by atomic mass is 10.0. The number of hydrogen-bond donors (Lipinski definition) is 1. The summed E-state index contributed by atoms with van der Waals surface area (Å²) in [7, 11) is 0. The zero-order valence-electron chi connectivity index (χ0n) is 13.3. The molecule has 0 amide bonds. The van der Waals surface area contributed by atoms with E-state index in [2.05, 4.69) is 56.6 Å². The third-order valence-electron chi connectivity index (χ3n) is 4.15. The van der Waals surface area contributed by atoms with E-state index >= 15 is 0 Å². The van der Waals surface area contributed by atoms with E-state index in [9.17, 15) is 0 Å². The predicted molar refractivity (Wildman–Crippen MR) is 96.0 cm³/mol. The quantitative estimate of drug-likeness (QED) is 0.711. The molecule has 1 heterocycles. The van der Waals surface area contributed by atoms with E-state index in [1.165, 1.54) is 44.2 Å². The fraction of sp³-hybridized carbons (Fsp3) is 0.812. The number of hydrogen-bond acceptors (Lipinski definition) is 3. The Hall–Kier alpha value is 0. The largest absolute Gasteiger partial charge is 0.308 e. The van der Waals surface area contributed by atoms with Gasteiger partial charge in [-0.05, 0) is 48.7 Å². The van der Waals surface area contributed by atoms with Gasteiger partial charge in [0, 0.05) is 17.5 Å². The molecule has 120 valence electrons. The summed E-state index contributed by atoms with van der Waals surface area (Å²) in [6.45, 7) is 6.38. The van der Waals surface area contributed by atoms with Crippen LogP contribution in [0.4, 0.5) is 0 Å². The molecule has 2 rings (SSSR count). The molecule has 1 unspecified atom stereocenters. The van der Waals surface area contributed by atoms with Crippen molar-refractivity contribution in [1.29, 1.82) is 0 Å². The van der Waals surface area contributed by atoms with Gasteiger partial charge in [-0.15, -0.1) is 0 Å². The van der Waals surface area contributed by atoms with E-state index in [1.807, 2.05) is 6.20 Å². The van der Waals surface area contributed by atoms with Crippen molar-refractivity contribution in [1.82, 2.24) is 15.1 Å². The lowest BCUT2D eigenvalue weighted by molar-refractivity contribution is 0.502. The van der Waals surface area contributed by atoms with Crippen LogP contribution >= 0.6 is 27.7 Å². The first-order valence-corrected chi connectivity index (χ1v) is 10.2. The SMILES string of the molecule is CCCNC(CSC1CCCCC1)c1c(Br)cnn1CC. The topological polar surface area (TPSA) is 29.9 Å². The number of thioether (sulfide) groups is 1. The van der Waals surface area contributed by atoms with Crippen LogP contribution in [0, 0.1) is 0 Å². The molecule has 1 aliphatic carbocycles. The van der Waals surface area contributed by atoms with E-state index in [0.29, 0.717) is 6.04 Å². The molecule has 1 aliphatic rings. The third kappa shape index (κ3) is 5.00. The first kappa shape index (κ1) is 17.4. The van der Waals surface area contributed by atoms with E-state index in [0.717, 1.165) is 28.6 Å². The highest BCUT2D eigenvalue weighted by atomic mass is 79.9. The molecule has 1 saturated carbocycles. The molecule has 5 heteroatoms. The second kappa shape index (κ2) is 9.21. The summed E-state index contributed by atoms with van der Waals surface area (Å²) in [5, 5.41) is 9.06. The highest BCUT2D eigenvalue weighted by Crippen LogP contribution is 2.32. The van der Waals surface area contributed by atoms with Crippen molar-refractivity contribution in [2.75, 3.05) is 12.3 Å². The van der Waals surface area contributed by atoms with Crippen molar-refractivity contribution in [3.05, 3.63) is 16.4 Å². The van der Waals surface area contributed by atoms with Gasteiger partial charge in [0.25, 0.3) is 0 Å². The monoisotopic (exact) mass is 373 g/mol. The van der Waals surface area contributed by atoms with Gasteiger partial charge >= 0.3 is 0 Å². The van der Waals surface area contributed by atoms with Crippen molar-refractivity contribution in [2.45, 2.75) is 70.2 Å². The molecule has 0 aliphatic heterocycles. The van der Waals surface area contributed by atoms with Crippen LogP contribution < -0.4 is 5.32 Å². The molecule has 0 radical (unpaired) electrons. The summed E-state index contributed by atoms with van der Waals surface area (Å²) in [5.41, 5.74) is 1.31. The standard InChI is InChI=1S/C16H28BrN3S/c1-3-10-18-15(12-21-13-8-6-5-7-9-13)16-14(17)11-19-20(16)4-2/h11,13,15,18H,3-10,12H2,1-2H3. The van der Waals surface area contributed by atoms with E-state index < -0.39 is 0 Å². The maximum absolute atomic E-state index is 4.48. The Morgan fingerprint density at radius 3 is 2.81 bits per heavy atom. The summed E-state index contributed by atoms with van der Waals surface area (Å²) in [6, 6.07) is 0.397. The third-order valence-corrected chi connectivity index (χ3v) is 6.23. The van der Waals surface area contributed by atoms with Gasteiger partial charge in [-0.3, -0.25) is 4.68 Å². The van der Waals surface area contributed by atoms with E-state index in [1.54, 1.807) is 0 Å². The molecule has 1 aromatic rings. The Kier molecular flexibility index (Phi) is 7.61. The van der Waals surface area contributed by atoms with Crippen LogP contribution in [-0.2, 0) is 6.54 Å². The van der Waals surface area contributed by atoms with Crippen LogP contribution in [0.2, 0.25) is 0 Å². The smallest absolute Gasteiger partial charge is 0.0703 e. The fourth-order valence-electron chi connectivity index (χ4n) is 2.99. The molecule has 1 N–H and O–H groups in total. The van der Waals surface area contributed by atoms with Gasteiger partial charge in [-0.1, -0.05) is 26.2 Å². The van der Waals surface area contributed by atoms with Crippen LogP contribution in [0.25, 0.3) is 0 Å². The fourth-order valence-corrected chi connectivity index (χ4v) is 4.97. The Morgan fingerprint density at radius 1 is 1.38 bits per heavy atom. The van der Waals surface area contributed by atoms with Crippen molar-refractivity contribution < 1.29 is 0 Å². The summed E-state index contributed by atoms with van der Waals surface area (Å²) in [5.74, 6) is 1.15. The van der Waals surface area contributed by atoms with Crippen molar-refractivity contribution in [3.63, 3.8) is 0 Å². The van der Waals surface area contributed by atoms with Gasteiger partial charge < -0.3 is 5.32 Å². The predicted octanol–water partition coefficient (Wildman–Crippen LogP) is 4.77. The number of aromatic nitrogens is 2. The first-order chi connectivity index (χ1) is 10.3. The maximum atomic E-state index is 4.48. The summed E-state index contributed by atoms with van der Waals surface area (Å²) in [4.78, 5) is 0. The van der Waals surface area contributed by atoms with Gasteiger partial charge in [0.1, 0.15) is 0 Å². The lowest BCUT2D eigenvalue weighted by Gasteiger charge is -2.25. The van der Waals surface area contributed by atoms with Crippen LogP contribution in [0.3, 0.4) is 0 Å². The summed E-state index contributed by atoms with van der Waals surface area (Å²) < 4.78 is 3.26. The molecule has 1 atom stereocenters. The first-order valence-electron chi connectivity index (χ1n) is 8.32. The number of rotatable bonds is 8. The molecule has 0 bridgehead atoms. The second-order valence-electron chi connectivity index (χ2n) is 5.79. The van der Waals surface area contributed by atoms with Gasteiger partial charge in [0.05, 0.1) is 22.4 Å². The van der Waals surface area contributed by atoms with Gasteiger partial charge in [0.2, 0.25) is 0 Å². The minimum absolute atomic E-state index is 0.397. The van der Waals surface area contributed by atoms with Gasteiger partial charge in [-0.2, -0.15) is 16.9 Å². The highest BCUT2D eigenvalue weighted by Gasteiger charge is 2.22. The average Bonchev–Trinajstić information content (AvgIpc) is 2.89. The summed E-state index contributed by atoms with van der Waals surface area (Å²) >= 11 is 5.84. The molecule has 1 aromatic heterocycles.